The van der Waals surface area contributed by atoms with Crippen LogP contribution in [-0.4, -0.2) is 30.3 Å². The minimum atomic E-state index is -2.79. The maximum absolute atomic E-state index is 13.9. The summed E-state index contributed by atoms with van der Waals surface area (Å²) < 4.78 is 30.2. The van der Waals surface area contributed by atoms with Crippen molar-refractivity contribution in [1.82, 2.24) is 24.4 Å². The highest BCUT2D eigenvalue weighted by atomic mass is 35.5. The Morgan fingerprint density at radius 3 is 2.55 bits per heavy atom. The third kappa shape index (κ3) is 2.98. The van der Waals surface area contributed by atoms with Crippen LogP contribution in [-0.2, 0) is 7.05 Å². The first-order valence-electron chi connectivity index (χ1n) is 10.6. The number of hydrogen-bond donors (Lipinski definition) is 0. The molecule has 2 aliphatic rings. The number of carbonyl (C=O) groups is 1. The van der Waals surface area contributed by atoms with Crippen LogP contribution in [0, 0.1) is 6.92 Å². The van der Waals surface area contributed by atoms with E-state index >= 15 is 0 Å². The number of aryl methyl sites for hydroxylation is 2. The molecule has 1 saturated carbocycles. The van der Waals surface area contributed by atoms with Gasteiger partial charge in [0.25, 0.3) is 12.3 Å². The van der Waals surface area contributed by atoms with Gasteiger partial charge in [-0.15, -0.1) is 10.2 Å². The van der Waals surface area contributed by atoms with Crippen molar-refractivity contribution >= 4 is 28.8 Å². The summed E-state index contributed by atoms with van der Waals surface area (Å²) in [6, 6.07) is 8.62. The number of pyridine rings is 1. The lowest BCUT2D eigenvalue weighted by Gasteiger charge is -2.27. The Balaban J connectivity index is 1.58. The van der Waals surface area contributed by atoms with Gasteiger partial charge in [-0.3, -0.25) is 18.8 Å². The van der Waals surface area contributed by atoms with Gasteiger partial charge in [0.05, 0.1) is 22.6 Å². The van der Waals surface area contributed by atoms with E-state index in [4.69, 9.17) is 11.6 Å². The second-order valence-electron chi connectivity index (χ2n) is 8.61. The molecule has 4 heterocycles. The number of amides is 1. The van der Waals surface area contributed by atoms with Crippen LogP contribution in [0.5, 0.6) is 0 Å². The lowest BCUT2D eigenvalue weighted by atomic mass is 10.0. The van der Waals surface area contributed by atoms with Crippen molar-refractivity contribution in [3.05, 3.63) is 75.5 Å². The molecule has 168 valence electrons. The molecule has 6 rings (SSSR count). The summed E-state index contributed by atoms with van der Waals surface area (Å²) in [6.45, 7) is 1.77. The molecule has 10 heteroatoms. The fourth-order valence-corrected chi connectivity index (χ4v) is 4.87. The van der Waals surface area contributed by atoms with Gasteiger partial charge in [-0.25, -0.2) is 8.78 Å². The molecule has 3 aromatic heterocycles. The van der Waals surface area contributed by atoms with Crippen molar-refractivity contribution < 1.29 is 13.6 Å². The van der Waals surface area contributed by atoms with Crippen LogP contribution >= 0.6 is 11.6 Å². The van der Waals surface area contributed by atoms with E-state index in [1.54, 1.807) is 34.7 Å². The van der Waals surface area contributed by atoms with Crippen LogP contribution < -0.4 is 4.90 Å². The van der Waals surface area contributed by atoms with E-state index in [0.29, 0.717) is 27.5 Å². The molecular weight excluding hydrogens is 450 g/mol. The Kier molecular flexibility index (Phi) is 4.35. The zero-order chi connectivity index (χ0) is 23.0. The molecule has 0 N–H and O–H groups in total. The molecule has 33 heavy (non-hydrogen) atoms. The first-order chi connectivity index (χ1) is 15.8. The van der Waals surface area contributed by atoms with E-state index in [1.807, 2.05) is 19.2 Å². The number of rotatable bonds is 4. The standard InChI is InChI=1S/C23H19ClF2N6O/c1-11-9-15(10-31-21(11)27-28-22(31)20(25)26)32-18(13-5-7-14(24)8-6-13)19-16(23(32)33)17(12-3-4-12)29-30(19)2/h5-10,12,18,20H,3-4H2,1-2H3/t18-/m0/s1. The first kappa shape index (κ1) is 20.3. The van der Waals surface area contributed by atoms with Gasteiger partial charge in [0.1, 0.15) is 6.04 Å². The van der Waals surface area contributed by atoms with E-state index in [0.717, 1.165) is 29.8 Å². The number of hydrogen-bond acceptors (Lipinski definition) is 4. The molecule has 0 saturated heterocycles. The highest BCUT2D eigenvalue weighted by Crippen LogP contribution is 2.48. The molecule has 1 amide bonds. The van der Waals surface area contributed by atoms with Crippen molar-refractivity contribution in [3.8, 4) is 0 Å². The third-order valence-electron chi connectivity index (χ3n) is 6.39. The molecule has 7 nitrogen and oxygen atoms in total. The molecule has 0 unspecified atom stereocenters. The van der Waals surface area contributed by atoms with Crippen LogP contribution in [0.2, 0.25) is 5.02 Å². The molecule has 1 fully saturated rings. The van der Waals surface area contributed by atoms with Gasteiger partial charge in [-0.05, 0) is 49.1 Å². The monoisotopic (exact) mass is 468 g/mol. The lowest BCUT2D eigenvalue weighted by Crippen LogP contribution is -2.30. The van der Waals surface area contributed by atoms with E-state index in [-0.39, 0.29) is 11.8 Å². The smallest absolute Gasteiger partial charge is 0.294 e. The van der Waals surface area contributed by atoms with Gasteiger partial charge < -0.3 is 0 Å². The highest BCUT2D eigenvalue weighted by molar-refractivity contribution is 6.30. The van der Waals surface area contributed by atoms with Gasteiger partial charge in [0.15, 0.2) is 5.65 Å². The summed E-state index contributed by atoms with van der Waals surface area (Å²) in [7, 11) is 1.84. The quantitative estimate of drug-likeness (QED) is 0.423. The molecule has 0 radical (unpaired) electrons. The lowest BCUT2D eigenvalue weighted by molar-refractivity contribution is 0.0992. The predicted octanol–water partition coefficient (Wildman–Crippen LogP) is 4.99. The van der Waals surface area contributed by atoms with Gasteiger partial charge in [-0.2, -0.15) is 5.10 Å². The van der Waals surface area contributed by atoms with Crippen LogP contribution in [0.1, 0.15) is 69.9 Å². The van der Waals surface area contributed by atoms with Crippen molar-refractivity contribution in [2.45, 2.75) is 38.2 Å². The molecule has 1 aliphatic carbocycles. The van der Waals surface area contributed by atoms with E-state index in [9.17, 15) is 13.6 Å². The average molecular weight is 469 g/mol. The Labute approximate surface area is 192 Å². The fraction of sp³-hybridized carbons (Fsp3) is 0.304. The summed E-state index contributed by atoms with van der Waals surface area (Å²) in [5, 5.41) is 12.8. The summed E-state index contributed by atoms with van der Waals surface area (Å²) in [6.07, 6.45) is 0.734. The van der Waals surface area contributed by atoms with E-state index in [2.05, 4.69) is 15.3 Å². The molecule has 0 spiro atoms. The Morgan fingerprint density at radius 2 is 1.88 bits per heavy atom. The Bertz CT molecular complexity index is 1420. The SMILES string of the molecule is Cc1cc(N2C(=O)c3c(C4CC4)nn(C)c3[C@@H]2c2ccc(Cl)cc2)cn2c(C(F)F)nnc12. The summed E-state index contributed by atoms with van der Waals surface area (Å²) in [5.74, 6) is -0.366. The van der Waals surface area contributed by atoms with Crippen LogP contribution in [0.25, 0.3) is 5.65 Å². The predicted molar refractivity (Wildman–Crippen MR) is 118 cm³/mol. The Hall–Kier alpha value is -3.33. The normalized spacial score (nSPS) is 18.1. The van der Waals surface area contributed by atoms with Crippen molar-refractivity contribution in [3.63, 3.8) is 0 Å². The third-order valence-corrected chi connectivity index (χ3v) is 6.64. The largest absolute Gasteiger partial charge is 0.297 e. The summed E-state index contributed by atoms with van der Waals surface area (Å²) in [5.41, 5.74) is 4.54. The van der Waals surface area contributed by atoms with Gasteiger partial charge in [0, 0.05) is 24.2 Å². The summed E-state index contributed by atoms with van der Waals surface area (Å²) in [4.78, 5) is 15.5. The minimum absolute atomic E-state index is 0.189. The second-order valence-corrected chi connectivity index (χ2v) is 9.04. The number of nitrogens with zero attached hydrogens (tertiary/aromatic N) is 6. The van der Waals surface area contributed by atoms with E-state index < -0.39 is 18.3 Å². The Morgan fingerprint density at radius 1 is 1.15 bits per heavy atom. The number of benzene rings is 1. The molecule has 1 aromatic carbocycles. The average Bonchev–Trinajstić information content (AvgIpc) is 3.32. The zero-order valence-corrected chi connectivity index (χ0v) is 18.6. The molecule has 1 aliphatic heterocycles. The van der Waals surface area contributed by atoms with E-state index in [1.165, 1.54) is 10.6 Å². The number of alkyl halides is 2. The number of carbonyl (C=O) groups excluding carboxylic acids is 1. The number of anilines is 1. The van der Waals surface area contributed by atoms with Crippen LogP contribution in [0.15, 0.2) is 36.5 Å². The maximum Gasteiger partial charge on any atom is 0.297 e. The van der Waals surface area contributed by atoms with Crippen molar-refractivity contribution in [1.29, 1.82) is 0 Å². The number of fused-ring (bicyclic) bond motifs is 2. The number of aromatic nitrogens is 5. The molecule has 0 bridgehead atoms. The molecular formula is C23H19ClF2N6O. The maximum atomic E-state index is 13.9. The van der Waals surface area contributed by atoms with Crippen molar-refractivity contribution in [2.75, 3.05) is 4.90 Å². The van der Waals surface area contributed by atoms with Crippen molar-refractivity contribution in [2.24, 2.45) is 7.05 Å². The van der Waals surface area contributed by atoms with Gasteiger partial charge >= 0.3 is 0 Å². The highest BCUT2D eigenvalue weighted by Gasteiger charge is 2.46. The topological polar surface area (TPSA) is 68.3 Å². The van der Waals surface area contributed by atoms with Crippen LogP contribution in [0.3, 0.4) is 0 Å². The zero-order valence-electron chi connectivity index (χ0n) is 17.8. The van der Waals surface area contributed by atoms with Crippen LogP contribution in [0.4, 0.5) is 14.5 Å². The van der Waals surface area contributed by atoms with Gasteiger partial charge in [0.2, 0.25) is 5.82 Å². The second kappa shape index (κ2) is 7.08. The summed E-state index contributed by atoms with van der Waals surface area (Å²) >= 11 is 6.12. The molecule has 4 aromatic rings. The number of halogens is 3. The van der Waals surface area contributed by atoms with Gasteiger partial charge in [-0.1, -0.05) is 23.7 Å². The minimum Gasteiger partial charge on any atom is -0.294 e. The fourth-order valence-electron chi connectivity index (χ4n) is 4.75. The molecule has 1 atom stereocenters. The first-order valence-corrected chi connectivity index (χ1v) is 11.0.